The third-order valence-corrected chi connectivity index (χ3v) is 4.80. The first-order chi connectivity index (χ1) is 12.1. The fraction of sp³-hybridized carbons (Fsp3) is 0.368. The van der Waals surface area contributed by atoms with Crippen molar-refractivity contribution in [1.29, 1.82) is 0 Å². The Labute approximate surface area is 146 Å². The fourth-order valence-corrected chi connectivity index (χ4v) is 3.50. The largest absolute Gasteiger partial charge is 0.481 e. The smallest absolute Gasteiger partial charge is 0.313 e. The highest BCUT2D eigenvalue weighted by atomic mass is 16.5. The minimum absolute atomic E-state index is 0.102. The molecular formula is C19H22N2O4. The molecule has 1 aromatic heterocycles. The average molecular weight is 342 g/mol. The van der Waals surface area contributed by atoms with E-state index in [0.29, 0.717) is 24.9 Å². The van der Waals surface area contributed by atoms with Crippen LogP contribution in [0, 0.1) is 5.41 Å². The summed E-state index contributed by atoms with van der Waals surface area (Å²) in [7, 11) is 1.49. The highest BCUT2D eigenvalue weighted by Crippen LogP contribution is 2.33. The van der Waals surface area contributed by atoms with Crippen LogP contribution in [0.25, 0.3) is 11.1 Å². The summed E-state index contributed by atoms with van der Waals surface area (Å²) in [6.07, 6.45) is 4.63. The van der Waals surface area contributed by atoms with E-state index in [-0.39, 0.29) is 19.1 Å². The maximum Gasteiger partial charge on any atom is 0.313 e. The molecule has 0 radical (unpaired) electrons. The van der Waals surface area contributed by atoms with Crippen LogP contribution in [0.15, 0.2) is 42.7 Å². The van der Waals surface area contributed by atoms with Gasteiger partial charge in [0.25, 0.3) is 5.91 Å². The number of carboxylic acid groups (broad SMARTS) is 1. The van der Waals surface area contributed by atoms with Crippen molar-refractivity contribution in [1.82, 2.24) is 9.88 Å². The summed E-state index contributed by atoms with van der Waals surface area (Å²) < 4.78 is 5.13. The Kier molecular flexibility index (Phi) is 4.90. The summed E-state index contributed by atoms with van der Waals surface area (Å²) in [6, 6.07) is 9.66. The van der Waals surface area contributed by atoms with E-state index in [1.807, 2.05) is 30.3 Å². The van der Waals surface area contributed by atoms with Gasteiger partial charge >= 0.3 is 5.97 Å². The van der Waals surface area contributed by atoms with Gasteiger partial charge in [-0.3, -0.25) is 9.59 Å². The number of amides is 1. The number of carboxylic acids is 1. The van der Waals surface area contributed by atoms with Gasteiger partial charge in [-0.1, -0.05) is 30.3 Å². The summed E-state index contributed by atoms with van der Waals surface area (Å²) in [5.41, 5.74) is 1.30. The van der Waals surface area contributed by atoms with Crippen molar-refractivity contribution in [3.63, 3.8) is 0 Å². The number of aliphatic carboxylic acids is 1. The number of rotatable bonds is 5. The van der Waals surface area contributed by atoms with Gasteiger partial charge in [0.05, 0.1) is 12.2 Å². The van der Waals surface area contributed by atoms with E-state index in [1.165, 1.54) is 7.11 Å². The van der Waals surface area contributed by atoms with Crippen LogP contribution in [0.3, 0.4) is 0 Å². The Bertz CT molecular complexity index is 752. The quantitative estimate of drug-likeness (QED) is 0.875. The number of hydrogen-bond acceptors (Lipinski definition) is 3. The second-order valence-electron chi connectivity index (χ2n) is 6.50. The zero-order valence-electron chi connectivity index (χ0n) is 14.2. The number of carbonyl (C=O) groups excluding carboxylic acids is 1. The fourth-order valence-electron chi connectivity index (χ4n) is 3.50. The number of H-pyrrole nitrogens is 1. The third-order valence-electron chi connectivity index (χ3n) is 4.80. The maximum atomic E-state index is 13.0. The van der Waals surface area contributed by atoms with E-state index in [9.17, 15) is 14.7 Å². The number of aromatic amines is 1. The van der Waals surface area contributed by atoms with Gasteiger partial charge in [-0.25, -0.2) is 0 Å². The van der Waals surface area contributed by atoms with Gasteiger partial charge in [0.15, 0.2) is 0 Å². The normalized spacial score (nSPS) is 20.4. The molecule has 1 fully saturated rings. The summed E-state index contributed by atoms with van der Waals surface area (Å²) in [5.74, 6) is -1.06. The maximum absolute atomic E-state index is 13.0. The van der Waals surface area contributed by atoms with Crippen molar-refractivity contribution in [3.8, 4) is 11.1 Å². The third kappa shape index (κ3) is 3.30. The molecule has 2 aromatic rings. The molecule has 1 aromatic carbocycles. The van der Waals surface area contributed by atoms with Gasteiger partial charge in [0.1, 0.15) is 5.41 Å². The number of benzene rings is 1. The number of aromatic nitrogens is 1. The van der Waals surface area contributed by atoms with Crippen LogP contribution in [0.2, 0.25) is 0 Å². The lowest BCUT2D eigenvalue weighted by atomic mass is 9.80. The lowest BCUT2D eigenvalue weighted by Gasteiger charge is -2.39. The van der Waals surface area contributed by atoms with Gasteiger partial charge in [-0.15, -0.1) is 0 Å². The molecule has 0 saturated carbocycles. The number of methoxy groups -OCH3 is 1. The molecule has 6 nitrogen and oxygen atoms in total. The molecule has 1 atom stereocenters. The van der Waals surface area contributed by atoms with Crippen LogP contribution in [0.1, 0.15) is 23.2 Å². The van der Waals surface area contributed by atoms with Crippen LogP contribution in [0.4, 0.5) is 0 Å². The molecule has 0 aliphatic carbocycles. The van der Waals surface area contributed by atoms with Crippen molar-refractivity contribution in [2.75, 3.05) is 26.8 Å². The first-order valence-corrected chi connectivity index (χ1v) is 8.31. The zero-order valence-corrected chi connectivity index (χ0v) is 14.2. The van der Waals surface area contributed by atoms with Crippen molar-refractivity contribution in [2.45, 2.75) is 12.8 Å². The Morgan fingerprint density at radius 3 is 2.72 bits per heavy atom. The van der Waals surface area contributed by atoms with Gasteiger partial charge in [0.2, 0.25) is 0 Å². The Balaban J connectivity index is 1.87. The van der Waals surface area contributed by atoms with E-state index in [2.05, 4.69) is 4.98 Å². The molecule has 0 bridgehead atoms. The molecule has 2 heterocycles. The number of piperidine rings is 1. The van der Waals surface area contributed by atoms with Crippen molar-refractivity contribution in [2.24, 2.45) is 5.41 Å². The van der Waals surface area contributed by atoms with Crippen molar-refractivity contribution < 1.29 is 19.4 Å². The topological polar surface area (TPSA) is 82.6 Å². The number of carbonyl (C=O) groups is 2. The lowest BCUT2D eigenvalue weighted by molar-refractivity contribution is -0.155. The monoisotopic (exact) mass is 342 g/mol. The van der Waals surface area contributed by atoms with E-state index >= 15 is 0 Å². The predicted octanol–water partition coefficient (Wildman–Crippen LogP) is 2.64. The highest BCUT2D eigenvalue weighted by molar-refractivity contribution is 6.01. The van der Waals surface area contributed by atoms with E-state index in [1.54, 1.807) is 17.3 Å². The lowest BCUT2D eigenvalue weighted by Crippen LogP contribution is -2.52. The first-order valence-electron chi connectivity index (χ1n) is 8.31. The Hall–Kier alpha value is -2.60. The van der Waals surface area contributed by atoms with Gasteiger partial charge in [-0.2, -0.15) is 0 Å². The SMILES string of the molecule is COCC1(C(=O)O)CCCN(C(=O)c2c[nH]cc2-c2ccccc2)C1. The summed E-state index contributed by atoms with van der Waals surface area (Å²) >= 11 is 0. The van der Waals surface area contributed by atoms with E-state index in [4.69, 9.17) is 4.74 Å². The predicted molar refractivity (Wildman–Crippen MR) is 93.3 cm³/mol. The van der Waals surface area contributed by atoms with E-state index < -0.39 is 11.4 Å². The summed E-state index contributed by atoms with van der Waals surface area (Å²) in [4.78, 5) is 29.5. The van der Waals surface area contributed by atoms with Gasteiger partial charge in [0, 0.05) is 38.2 Å². The van der Waals surface area contributed by atoms with Gasteiger partial charge < -0.3 is 19.7 Å². The standard InChI is InChI=1S/C19H22N2O4/c1-25-13-19(18(23)24)8-5-9-21(12-19)17(22)16-11-20-10-15(16)14-6-3-2-4-7-14/h2-4,6-7,10-11,20H,5,8-9,12-13H2,1H3,(H,23,24). The summed E-state index contributed by atoms with van der Waals surface area (Å²) in [5, 5.41) is 9.66. The molecule has 1 aliphatic rings. The highest BCUT2D eigenvalue weighted by Gasteiger charge is 2.44. The molecule has 1 unspecified atom stereocenters. The number of nitrogens with one attached hydrogen (secondary N) is 1. The van der Waals surface area contributed by atoms with Crippen LogP contribution in [-0.2, 0) is 9.53 Å². The Morgan fingerprint density at radius 1 is 1.28 bits per heavy atom. The molecule has 25 heavy (non-hydrogen) atoms. The summed E-state index contributed by atoms with van der Waals surface area (Å²) in [6.45, 7) is 0.816. The molecule has 0 spiro atoms. The molecule has 1 saturated heterocycles. The van der Waals surface area contributed by atoms with Crippen LogP contribution >= 0.6 is 0 Å². The second kappa shape index (κ2) is 7.11. The van der Waals surface area contributed by atoms with Crippen LogP contribution in [0.5, 0.6) is 0 Å². The molecule has 2 N–H and O–H groups in total. The zero-order chi connectivity index (χ0) is 17.9. The molecule has 1 amide bonds. The second-order valence-corrected chi connectivity index (χ2v) is 6.50. The van der Waals surface area contributed by atoms with Crippen molar-refractivity contribution in [3.05, 3.63) is 48.3 Å². The van der Waals surface area contributed by atoms with E-state index in [0.717, 1.165) is 11.1 Å². The molecule has 1 aliphatic heterocycles. The minimum atomic E-state index is -1.04. The number of likely N-dealkylation sites (tertiary alicyclic amines) is 1. The number of ether oxygens (including phenoxy) is 1. The molecule has 6 heteroatoms. The Morgan fingerprint density at radius 2 is 2.04 bits per heavy atom. The number of hydrogen-bond donors (Lipinski definition) is 2. The average Bonchev–Trinajstić information content (AvgIpc) is 3.12. The molecule has 132 valence electrons. The molecular weight excluding hydrogens is 320 g/mol. The van der Waals surface area contributed by atoms with Gasteiger partial charge in [-0.05, 0) is 18.4 Å². The molecule has 3 rings (SSSR count). The van der Waals surface area contributed by atoms with Crippen LogP contribution < -0.4 is 0 Å². The number of nitrogens with zero attached hydrogens (tertiary/aromatic N) is 1. The first kappa shape index (κ1) is 17.2. The minimum Gasteiger partial charge on any atom is -0.481 e. The van der Waals surface area contributed by atoms with Crippen molar-refractivity contribution >= 4 is 11.9 Å². The van der Waals surface area contributed by atoms with Crippen LogP contribution in [-0.4, -0.2) is 53.7 Å².